The number of nitriles is 1. The highest BCUT2D eigenvalue weighted by Crippen LogP contribution is 2.25. The number of ether oxygens (including phenoxy) is 1. The molecule has 0 N–H and O–H groups in total. The molecule has 0 saturated heterocycles. The largest absolute Gasteiger partial charge is 0.454 e. The number of aromatic nitrogens is 1. The molecule has 2 rings (SSSR count). The lowest BCUT2D eigenvalue weighted by Gasteiger charge is -2.08. The maximum Gasteiger partial charge on any atom is 0.183 e. The molecule has 0 aliphatic heterocycles. The SMILES string of the molecule is Cc1ccc(Oc2cccnc2C#N)cc1C. The molecule has 0 saturated carbocycles. The highest BCUT2D eigenvalue weighted by molar-refractivity contribution is 5.42. The summed E-state index contributed by atoms with van der Waals surface area (Å²) in [6.45, 7) is 4.07. The summed E-state index contributed by atoms with van der Waals surface area (Å²) in [5.41, 5.74) is 2.67. The zero-order valence-corrected chi connectivity index (χ0v) is 9.77. The molecule has 0 aliphatic carbocycles. The van der Waals surface area contributed by atoms with Crippen molar-refractivity contribution in [2.24, 2.45) is 0 Å². The lowest BCUT2D eigenvalue weighted by atomic mass is 10.1. The van der Waals surface area contributed by atoms with E-state index in [1.165, 1.54) is 5.56 Å². The molecule has 0 aliphatic rings. The van der Waals surface area contributed by atoms with Crippen molar-refractivity contribution in [1.29, 1.82) is 5.26 Å². The van der Waals surface area contributed by atoms with Crippen LogP contribution in [-0.2, 0) is 0 Å². The number of nitrogens with zero attached hydrogens (tertiary/aromatic N) is 2. The molecule has 0 unspecified atom stereocenters. The minimum Gasteiger partial charge on any atom is -0.454 e. The first-order valence-corrected chi connectivity index (χ1v) is 5.31. The molecule has 0 amide bonds. The van der Waals surface area contributed by atoms with Gasteiger partial charge in [0.25, 0.3) is 0 Å². The molecule has 0 fully saturated rings. The van der Waals surface area contributed by atoms with Crippen LogP contribution in [0.5, 0.6) is 11.5 Å². The summed E-state index contributed by atoms with van der Waals surface area (Å²) in [6.07, 6.45) is 1.58. The van der Waals surface area contributed by atoms with E-state index in [1.807, 2.05) is 38.1 Å². The highest BCUT2D eigenvalue weighted by atomic mass is 16.5. The minimum atomic E-state index is 0.297. The van der Waals surface area contributed by atoms with Crippen LogP contribution < -0.4 is 4.74 Å². The van der Waals surface area contributed by atoms with Gasteiger partial charge in [0.15, 0.2) is 11.4 Å². The first kappa shape index (κ1) is 11.2. The number of rotatable bonds is 2. The summed E-state index contributed by atoms with van der Waals surface area (Å²) in [5, 5.41) is 8.90. The van der Waals surface area contributed by atoms with Crippen LogP contribution in [-0.4, -0.2) is 4.98 Å². The summed E-state index contributed by atoms with van der Waals surface area (Å²) in [4.78, 5) is 3.95. The molecule has 1 aromatic carbocycles. The Balaban J connectivity index is 2.32. The Kier molecular flexibility index (Phi) is 3.06. The highest BCUT2D eigenvalue weighted by Gasteiger charge is 2.05. The molecule has 1 heterocycles. The molecule has 0 spiro atoms. The Hall–Kier alpha value is -2.34. The molecule has 1 aromatic heterocycles. The smallest absolute Gasteiger partial charge is 0.183 e. The zero-order chi connectivity index (χ0) is 12.3. The van der Waals surface area contributed by atoms with E-state index in [0.29, 0.717) is 11.4 Å². The van der Waals surface area contributed by atoms with Crippen LogP contribution >= 0.6 is 0 Å². The van der Waals surface area contributed by atoms with Crippen molar-refractivity contribution in [3.8, 4) is 17.6 Å². The Morgan fingerprint density at radius 3 is 2.71 bits per heavy atom. The van der Waals surface area contributed by atoms with Gasteiger partial charge in [-0.1, -0.05) is 6.07 Å². The van der Waals surface area contributed by atoms with Gasteiger partial charge in [-0.15, -0.1) is 0 Å². The van der Waals surface area contributed by atoms with Crippen molar-refractivity contribution in [3.05, 3.63) is 53.3 Å². The summed E-state index contributed by atoms with van der Waals surface area (Å²) < 4.78 is 5.65. The van der Waals surface area contributed by atoms with Crippen molar-refractivity contribution >= 4 is 0 Å². The third-order valence-electron chi connectivity index (χ3n) is 2.58. The summed E-state index contributed by atoms with van der Waals surface area (Å²) >= 11 is 0. The number of aryl methyl sites for hydroxylation is 2. The maximum atomic E-state index is 8.90. The van der Waals surface area contributed by atoms with E-state index >= 15 is 0 Å². The second-order valence-corrected chi connectivity index (χ2v) is 3.81. The minimum absolute atomic E-state index is 0.297. The van der Waals surface area contributed by atoms with Crippen LogP contribution in [0.4, 0.5) is 0 Å². The number of benzene rings is 1. The molecule has 0 radical (unpaired) electrons. The normalized spacial score (nSPS) is 9.71. The Morgan fingerprint density at radius 2 is 2.00 bits per heavy atom. The van der Waals surface area contributed by atoms with E-state index < -0.39 is 0 Å². The Bertz CT molecular complexity index is 585. The topological polar surface area (TPSA) is 45.9 Å². The molecule has 3 nitrogen and oxygen atoms in total. The number of hydrogen-bond acceptors (Lipinski definition) is 3. The average molecular weight is 224 g/mol. The molecule has 0 bridgehead atoms. The van der Waals surface area contributed by atoms with Crippen LogP contribution in [0.1, 0.15) is 16.8 Å². The standard InChI is InChI=1S/C14H12N2O/c1-10-5-6-12(8-11(10)2)17-14-4-3-7-16-13(14)9-15/h3-8H,1-2H3. The van der Waals surface area contributed by atoms with Gasteiger partial charge in [0.05, 0.1) is 0 Å². The lowest BCUT2D eigenvalue weighted by Crippen LogP contribution is -1.91. The number of pyridine rings is 1. The molecule has 17 heavy (non-hydrogen) atoms. The summed E-state index contributed by atoms with van der Waals surface area (Å²) in [7, 11) is 0. The van der Waals surface area contributed by atoms with Crippen LogP contribution in [0.15, 0.2) is 36.5 Å². The van der Waals surface area contributed by atoms with Crippen molar-refractivity contribution in [3.63, 3.8) is 0 Å². The van der Waals surface area contributed by atoms with Gasteiger partial charge in [0, 0.05) is 6.20 Å². The molecule has 84 valence electrons. The van der Waals surface area contributed by atoms with Gasteiger partial charge in [-0.3, -0.25) is 0 Å². The van der Waals surface area contributed by atoms with E-state index in [0.717, 1.165) is 11.3 Å². The second kappa shape index (κ2) is 4.67. The van der Waals surface area contributed by atoms with Crippen LogP contribution in [0.3, 0.4) is 0 Å². The van der Waals surface area contributed by atoms with Crippen molar-refractivity contribution in [2.45, 2.75) is 13.8 Å². The van der Waals surface area contributed by atoms with Gasteiger partial charge in [-0.2, -0.15) is 5.26 Å². The quantitative estimate of drug-likeness (QED) is 0.785. The maximum absolute atomic E-state index is 8.90. The van der Waals surface area contributed by atoms with Crippen molar-refractivity contribution < 1.29 is 4.74 Å². The van der Waals surface area contributed by atoms with E-state index in [-0.39, 0.29) is 0 Å². The monoisotopic (exact) mass is 224 g/mol. The third-order valence-corrected chi connectivity index (χ3v) is 2.58. The lowest BCUT2D eigenvalue weighted by molar-refractivity contribution is 0.478. The van der Waals surface area contributed by atoms with Gasteiger partial charge < -0.3 is 4.74 Å². The fourth-order valence-corrected chi connectivity index (χ4v) is 1.46. The zero-order valence-electron chi connectivity index (χ0n) is 9.77. The Morgan fingerprint density at radius 1 is 1.18 bits per heavy atom. The van der Waals surface area contributed by atoms with Crippen molar-refractivity contribution in [2.75, 3.05) is 0 Å². The van der Waals surface area contributed by atoms with Crippen LogP contribution in [0.25, 0.3) is 0 Å². The van der Waals surface area contributed by atoms with Crippen LogP contribution in [0, 0.1) is 25.2 Å². The van der Waals surface area contributed by atoms with E-state index in [4.69, 9.17) is 10.00 Å². The molecular weight excluding hydrogens is 212 g/mol. The van der Waals surface area contributed by atoms with E-state index in [2.05, 4.69) is 4.98 Å². The van der Waals surface area contributed by atoms with Gasteiger partial charge in [-0.05, 0) is 49.2 Å². The van der Waals surface area contributed by atoms with Gasteiger partial charge in [0.1, 0.15) is 11.8 Å². The van der Waals surface area contributed by atoms with E-state index in [1.54, 1.807) is 18.3 Å². The fourth-order valence-electron chi connectivity index (χ4n) is 1.46. The predicted octanol–water partition coefficient (Wildman–Crippen LogP) is 3.36. The third kappa shape index (κ3) is 2.43. The Labute approximate surface area is 100 Å². The molecule has 3 heteroatoms. The van der Waals surface area contributed by atoms with E-state index in [9.17, 15) is 0 Å². The first-order valence-electron chi connectivity index (χ1n) is 5.31. The first-order chi connectivity index (χ1) is 8.20. The molecular formula is C14H12N2O. The summed E-state index contributed by atoms with van der Waals surface area (Å²) in [5.74, 6) is 1.20. The van der Waals surface area contributed by atoms with Gasteiger partial charge >= 0.3 is 0 Å². The van der Waals surface area contributed by atoms with Gasteiger partial charge in [-0.25, -0.2) is 4.98 Å². The van der Waals surface area contributed by atoms with Gasteiger partial charge in [0.2, 0.25) is 0 Å². The summed E-state index contributed by atoms with van der Waals surface area (Å²) in [6, 6.07) is 11.3. The number of hydrogen-bond donors (Lipinski definition) is 0. The van der Waals surface area contributed by atoms with Crippen molar-refractivity contribution in [1.82, 2.24) is 4.98 Å². The average Bonchev–Trinajstić information content (AvgIpc) is 2.34. The molecule has 2 aromatic rings. The molecule has 0 atom stereocenters. The second-order valence-electron chi connectivity index (χ2n) is 3.81. The fraction of sp³-hybridized carbons (Fsp3) is 0.143. The van der Waals surface area contributed by atoms with Crippen LogP contribution in [0.2, 0.25) is 0 Å². The predicted molar refractivity (Wildman–Crippen MR) is 64.9 cm³/mol.